The second-order valence-corrected chi connectivity index (χ2v) is 6.76. The summed E-state index contributed by atoms with van der Waals surface area (Å²) in [6.45, 7) is 11.4. The molecule has 1 atom stereocenters. The molecular weight excluding hydrogens is 212 g/mol. The van der Waals surface area contributed by atoms with E-state index >= 15 is 0 Å². The summed E-state index contributed by atoms with van der Waals surface area (Å²) < 4.78 is 0. The Kier molecular flexibility index (Phi) is 4.59. The molecule has 1 saturated carbocycles. The maximum atomic E-state index is 12.3. The van der Waals surface area contributed by atoms with Gasteiger partial charge < -0.3 is 10.6 Å². The minimum absolute atomic E-state index is 0.00209. The average molecular weight is 240 g/mol. The van der Waals surface area contributed by atoms with Crippen LogP contribution in [0, 0.1) is 11.3 Å². The zero-order chi connectivity index (χ0) is 13.2. The van der Waals surface area contributed by atoms with Crippen LogP contribution in [0.5, 0.6) is 0 Å². The lowest BCUT2D eigenvalue weighted by Crippen LogP contribution is -2.44. The molecule has 1 unspecified atom stereocenters. The molecule has 0 bridgehead atoms. The van der Waals surface area contributed by atoms with Gasteiger partial charge in [0.1, 0.15) is 0 Å². The van der Waals surface area contributed by atoms with Gasteiger partial charge in [-0.25, -0.2) is 0 Å². The molecule has 0 aromatic rings. The monoisotopic (exact) mass is 240 g/mol. The number of amides is 1. The van der Waals surface area contributed by atoms with E-state index in [0.29, 0.717) is 6.42 Å². The number of nitrogens with two attached hydrogens (primary N) is 1. The van der Waals surface area contributed by atoms with E-state index < -0.39 is 0 Å². The van der Waals surface area contributed by atoms with Gasteiger partial charge in [-0.05, 0) is 38.0 Å². The molecule has 0 aromatic heterocycles. The summed E-state index contributed by atoms with van der Waals surface area (Å²) in [5.74, 6) is 0.960. The van der Waals surface area contributed by atoms with Crippen molar-refractivity contribution in [2.24, 2.45) is 17.1 Å². The first kappa shape index (κ1) is 14.5. The van der Waals surface area contributed by atoms with Crippen molar-refractivity contribution in [3.05, 3.63) is 0 Å². The number of rotatable bonds is 5. The van der Waals surface area contributed by atoms with Crippen molar-refractivity contribution in [2.75, 3.05) is 6.54 Å². The third-order valence-corrected chi connectivity index (χ3v) is 3.60. The topological polar surface area (TPSA) is 46.3 Å². The van der Waals surface area contributed by atoms with Crippen LogP contribution in [0.4, 0.5) is 0 Å². The van der Waals surface area contributed by atoms with Gasteiger partial charge in [0.25, 0.3) is 0 Å². The number of carbonyl (C=O) groups excluding carboxylic acids is 1. The summed E-state index contributed by atoms with van der Waals surface area (Å²) in [4.78, 5) is 14.3. The van der Waals surface area contributed by atoms with Crippen molar-refractivity contribution in [2.45, 2.75) is 66.0 Å². The summed E-state index contributed by atoms with van der Waals surface area (Å²) in [6, 6.07) is 0.228. The highest BCUT2D eigenvalue weighted by Gasteiger charge is 2.30. The molecule has 17 heavy (non-hydrogen) atoms. The van der Waals surface area contributed by atoms with Crippen LogP contribution in [0.3, 0.4) is 0 Å². The molecule has 0 saturated heterocycles. The highest BCUT2D eigenvalue weighted by molar-refractivity contribution is 5.77. The highest BCUT2D eigenvalue weighted by atomic mass is 16.2. The van der Waals surface area contributed by atoms with Gasteiger partial charge >= 0.3 is 0 Å². The predicted molar refractivity (Wildman–Crippen MR) is 71.6 cm³/mol. The van der Waals surface area contributed by atoms with Gasteiger partial charge in [0.05, 0.1) is 0 Å². The lowest BCUT2D eigenvalue weighted by atomic mass is 9.85. The molecule has 100 valence electrons. The number of nitrogens with zero attached hydrogens (tertiary/aromatic N) is 1. The molecule has 0 aliphatic heterocycles. The molecule has 1 aliphatic carbocycles. The van der Waals surface area contributed by atoms with Crippen molar-refractivity contribution < 1.29 is 4.79 Å². The molecule has 1 amide bonds. The van der Waals surface area contributed by atoms with Gasteiger partial charge in [-0.15, -0.1) is 0 Å². The summed E-state index contributed by atoms with van der Waals surface area (Å²) >= 11 is 0. The standard InChI is InChI=1S/C14H28N2O/c1-10(2)16(9-11-6-7-11)13(17)8-12(15)14(3,4)5/h10-12H,6-9,15H2,1-5H3. The Morgan fingerprint density at radius 3 is 2.24 bits per heavy atom. The minimum Gasteiger partial charge on any atom is -0.340 e. The van der Waals surface area contributed by atoms with E-state index in [1.54, 1.807) is 0 Å². The van der Waals surface area contributed by atoms with E-state index in [1.807, 2.05) is 4.90 Å². The SMILES string of the molecule is CC(C)N(CC1CC1)C(=O)CC(N)C(C)(C)C. The van der Waals surface area contributed by atoms with E-state index in [2.05, 4.69) is 34.6 Å². The quantitative estimate of drug-likeness (QED) is 0.802. The first-order valence-corrected chi connectivity index (χ1v) is 6.77. The molecule has 0 aromatic carbocycles. The molecule has 3 nitrogen and oxygen atoms in total. The third-order valence-electron chi connectivity index (χ3n) is 3.60. The molecule has 0 spiro atoms. The lowest BCUT2D eigenvalue weighted by molar-refractivity contribution is -0.134. The fraction of sp³-hybridized carbons (Fsp3) is 0.929. The minimum atomic E-state index is -0.0598. The molecule has 1 fully saturated rings. The van der Waals surface area contributed by atoms with Crippen LogP contribution in [0.15, 0.2) is 0 Å². The summed E-state index contributed by atoms with van der Waals surface area (Å²) in [6.07, 6.45) is 3.03. The van der Waals surface area contributed by atoms with Gasteiger partial charge in [0.2, 0.25) is 5.91 Å². The maximum Gasteiger partial charge on any atom is 0.224 e. The normalized spacial score (nSPS) is 18.3. The second-order valence-electron chi connectivity index (χ2n) is 6.76. The summed E-state index contributed by atoms with van der Waals surface area (Å²) in [5, 5.41) is 0. The van der Waals surface area contributed by atoms with Crippen LogP contribution in [0.25, 0.3) is 0 Å². The fourth-order valence-electron chi connectivity index (χ4n) is 1.79. The molecular formula is C14H28N2O. The Morgan fingerprint density at radius 1 is 1.35 bits per heavy atom. The highest BCUT2D eigenvalue weighted by Crippen LogP contribution is 2.31. The van der Waals surface area contributed by atoms with E-state index in [-0.39, 0.29) is 23.4 Å². The zero-order valence-electron chi connectivity index (χ0n) is 12.0. The van der Waals surface area contributed by atoms with Crippen LogP contribution < -0.4 is 5.73 Å². The maximum absolute atomic E-state index is 12.3. The number of hydrogen-bond donors (Lipinski definition) is 1. The first-order chi connectivity index (χ1) is 7.71. The van der Waals surface area contributed by atoms with E-state index in [9.17, 15) is 4.79 Å². The average Bonchev–Trinajstić information content (AvgIpc) is 2.95. The molecule has 3 heteroatoms. The summed E-state index contributed by atoms with van der Waals surface area (Å²) in [7, 11) is 0. The van der Waals surface area contributed by atoms with Crippen molar-refractivity contribution in [1.82, 2.24) is 4.90 Å². The van der Waals surface area contributed by atoms with Crippen molar-refractivity contribution >= 4 is 5.91 Å². The van der Waals surface area contributed by atoms with Gasteiger partial charge in [-0.3, -0.25) is 4.79 Å². The lowest BCUT2D eigenvalue weighted by Gasteiger charge is -2.32. The van der Waals surface area contributed by atoms with Crippen molar-refractivity contribution in [3.8, 4) is 0 Å². The first-order valence-electron chi connectivity index (χ1n) is 6.77. The van der Waals surface area contributed by atoms with Crippen LogP contribution in [0.1, 0.15) is 53.9 Å². The zero-order valence-corrected chi connectivity index (χ0v) is 12.0. The van der Waals surface area contributed by atoms with Gasteiger partial charge in [-0.2, -0.15) is 0 Å². The molecule has 1 rings (SSSR count). The second kappa shape index (κ2) is 5.38. The largest absolute Gasteiger partial charge is 0.340 e. The molecule has 2 N–H and O–H groups in total. The number of carbonyl (C=O) groups is 1. The Bertz CT molecular complexity index is 264. The van der Waals surface area contributed by atoms with Crippen LogP contribution in [0.2, 0.25) is 0 Å². The summed E-state index contributed by atoms with van der Waals surface area (Å²) in [5.41, 5.74) is 6.09. The fourth-order valence-corrected chi connectivity index (χ4v) is 1.79. The Morgan fingerprint density at radius 2 is 1.88 bits per heavy atom. The smallest absolute Gasteiger partial charge is 0.224 e. The van der Waals surface area contributed by atoms with Crippen LogP contribution >= 0.6 is 0 Å². The Labute approximate surface area is 106 Å². The van der Waals surface area contributed by atoms with E-state index in [4.69, 9.17) is 5.73 Å². The molecule has 0 heterocycles. The van der Waals surface area contributed by atoms with Crippen molar-refractivity contribution in [3.63, 3.8) is 0 Å². The third kappa shape index (κ3) is 4.66. The van der Waals surface area contributed by atoms with Gasteiger partial charge in [-0.1, -0.05) is 20.8 Å². The number of hydrogen-bond acceptors (Lipinski definition) is 2. The Hall–Kier alpha value is -0.570. The van der Waals surface area contributed by atoms with E-state index in [1.165, 1.54) is 12.8 Å². The predicted octanol–water partition coefficient (Wildman–Crippen LogP) is 2.40. The van der Waals surface area contributed by atoms with Crippen LogP contribution in [-0.4, -0.2) is 29.4 Å². The van der Waals surface area contributed by atoms with Crippen molar-refractivity contribution in [1.29, 1.82) is 0 Å². The van der Waals surface area contributed by atoms with Gasteiger partial charge in [0, 0.05) is 25.0 Å². The molecule has 1 aliphatic rings. The van der Waals surface area contributed by atoms with Gasteiger partial charge in [0.15, 0.2) is 0 Å². The Balaban J connectivity index is 2.52. The van der Waals surface area contributed by atoms with E-state index in [0.717, 1.165) is 12.5 Å². The van der Waals surface area contributed by atoms with Crippen LogP contribution in [-0.2, 0) is 4.79 Å². The molecule has 0 radical (unpaired) electrons.